The van der Waals surface area contributed by atoms with E-state index in [1.54, 1.807) is 6.92 Å². The van der Waals surface area contributed by atoms with Gasteiger partial charge in [-0.2, -0.15) is 9.97 Å². The molecule has 1 aliphatic carbocycles. The second kappa shape index (κ2) is 19.7. The van der Waals surface area contributed by atoms with Crippen molar-refractivity contribution in [2.24, 2.45) is 16.2 Å². The van der Waals surface area contributed by atoms with Crippen LogP contribution >= 0.6 is 0 Å². The van der Waals surface area contributed by atoms with E-state index in [4.69, 9.17) is 18.5 Å². The normalized spacial score (nSPS) is 19.2. The molecule has 6 heterocycles. The highest BCUT2D eigenvalue weighted by Crippen LogP contribution is 2.36. The third kappa shape index (κ3) is 11.0. The second-order valence-corrected chi connectivity index (χ2v) is 16.0. The molecule has 0 aromatic carbocycles. The van der Waals surface area contributed by atoms with Gasteiger partial charge in [-0.1, -0.05) is 49.8 Å². The molecule has 0 spiro atoms. The highest BCUT2D eigenvalue weighted by atomic mass is 19.3. The lowest BCUT2D eigenvalue weighted by atomic mass is 9.83. The van der Waals surface area contributed by atoms with E-state index < -0.39 is 34.2 Å². The third-order valence-corrected chi connectivity index (χ3v) is 11.4. The molecule has 16 nitrogen and oxygen atoms in total. The van der Waals surface area contributed by atoms with E-state index in [0.29, 0.717) is 68.2 Å². The molecule has 2 N–H and O–H groups in total. The van der Waals surface area contributed by atoms with Gasteiger partial charge in [-0.3, -0.25) is 24.4 Å². The van der Waals surface area contributed by atoms with Crippen LogP contribution in [0.4, 0.5) is 8.78 Å². The number of amides is 1. The predicted octanol–water partition coefficient (Wildman–Crippen LogP) is 7.10. The van der Waals surface area contributed by atoms with E-state index in [1.807, 2.05) is 4.90 Å². The summed E-state index contributed by atoms with van der Waals surface area (Å²) in [5, 5.41) is 8.66. The SMILES string of the molecule is CCCCCc1cc(=O)oc2nc(ON=C3CC4CCCC(C3)N4C(C)=O)[nH]c(=O)c12.CCCCCc1cc(=O)oc2nc(ON=C3CCC(C(C)(F)F)CC3)[nH]c(=O)c12. The fraction of sp³-hybridized carbons (Fsp3) is 0.595. The molecule has 4 aromatic rings. The van der Waals surface area contributed by atoms with Gasteiger partial charge in [0.25, 0.3) is 11.1 Å². The molecule has 3 aliphatic rings. The maximum absolute atomic E-state index is 13.4. The number of aromatic amines is 2. The van der Waals surface area contributed by atoms with Crippen LogP contribution in [0.25, 0.3) is 22.2 Å². The number of piperidine rings is 2. The van der Waals surface area contributed by atoms with E-state index in [-0.39, 0.29) is 52.2 Å². The van der Waals surface area contributed by atoms with Crippen LogP contribution in [0.15, 0.2) is 50.5 Å². The number of alkyl halides is 2. The molecule has 4 aromatic heterocycles. The standard InChI is InChI=1S/C22H28N4O5.C20H25F2N3O4/c1-3-4-5-7-14-10-18(28)30-21-19(14)20(29)23-22(24-21)31-25-15-11-16-8-6-9-17(12-15)26(16)13(2)27;1-3-4-5-6-12-11-15(26)28-18-16(12)17(27)23-19(24-18)29-25-14-9-7-13(8-10-14)20(2,21)22/h10,16-17H,3-9,11-12H2,1-2H3,(H,23,24,29);11,13H,3-10H2,1-2H3,(H,23,24,27). The number of hydrogen-bond acceptors (Lipinski definition) is 13. The molecular formula is C42H53F2N7O9. The van der Waals surface area contributed by atoms with Crippen LogP contribution in [0.5, 0.6) is 12.0 Å². The summed E-state index contributed by atoms with van der Waals surface area (Å²) in [5.41, 5.74) is 0.530. The lowest BCUT2D eigenvalue weighted by molar-refractivity contribution is -0.136. The minimum atomic E-state index is -2.70. The Kier molecular flexibility index (Phi) is 14.4. The number of hydrogen-bond donors (Lipinski definition) is 2. The van der Waals surface area contributed by atoms with Gasteiger partial charge in [-0.05, 0) is 88.7 Å². The van der Waals surface area contributed by atoms with E-state index in [2.05, 4.69) is 44.1 Å². The molecule has 60 heavy (non-hydrogen) atoms. The van der Waals surface area contributed by atoms with Crippen molar-refractivity contribution in [1.29, 1.82) is 0 Å². The van der Waals surface area contributed by atoms with Gasteiger partial charge in [0.1, 0.15) is 10.8 Å². The Balaban J connectivity index is 0.000000202. The van der Waals surface area contributed by atoms with Crippen molar-refractivity contribution in [3.05, 3.63) is 64.8 Å². The second-order valence-electron chi connectivity index (χ2n) is 16.0. The summed E-state index contributed by atoms with van der Waals surface area (Å²) >= 11 is 0. The highest BCUT2D eigenvalue weighted by Gasteiger charge is 2.38. The maximum Gasteiger partial charge on any atom is 0.337 e. The van der Waals surface area contributed by atoms with Crippen molar-refractivity contribution in [2.75, 3.05) is 0 Å². The molecule has 2 bridgehead atoms. The Morgan fingerprint density at radius 2 is 1.25 bits per heavy atom. The van der Waals surface area contributed by atoms with Gasteiger partial charge in [0.05, 0.1) is 11.4 Å². The van der Waals surface area contributed by atoms with Gasteiger partial charge in [-0.15, -0.1) is 0 Å². The number of rotatable bonds is 13. The molecule has 3 fully saturated rings. The molecule has 2 atom stereocenters. The van der Waals surface area contributed by atoms with Gasteiger partial charge >= 0.3 is 23.3 Å². The zero-order valence-electron chi connectivity index (χ0n) is 34.6. The number of nitrogens with zero attached hydrogens (tertiary/aromatic N) is 5. The van der Waals surface area contributed by atoms with Gasteiger partial charge in [0, 0.05) is 49.9 Å². The summed E-state index contributed by atoms with van der Waals surface area (Å²) in [6.07, 6.45) is 12.7. The molecule has 2 unspecified atom stereocenters. The van der Waals surface area contributed by atoms with Crippen LogP contribution in [0.2, 0.25) is 0 Å². The molecule has 2 saturated heterocycles. The first-order valence-corrected chi connectivity index (χ1v) is 21.0. The smallest absolute Gasteiger partial charge is 0.337 e. The monoisotopic (exact) mass is 837 g/mol. The van der Waals surface area contributed by atoms with Crippen molar-refractivity contribution in [2.45, 2.75) is 155 Å². The third-order valence-electron chi connectivity index (χ3n) is 11.4. The van der Waals surface area contributed by atoms with Crippen molar-refractivity contribution in [3.63, 3.8) is 0 Å². The number of oxime groups is 2. The Hall–Kier alpha value is -5.55. The maximum atomic E-state index is 13.4. The lowest BCUT2D eigenvalue weighted by Crippen LogP contribution is -2.54. The average molecular weight is 838 g/mol. The number of halogens is 2. The van der Waals surface area contributed by atoms with E-state index in [0.717, 1.165) is 70.4 Å². The Morgan fingerprint density at radius 3 is 1.68 bits per heavy atom. The van der Waals surface area contributed by atoms with Crippen molar-refractivity contribution >= 4 is 39.5 Å². The Morgan fingerprint density at radius 1 is 0.783 bits per heavy atom. The zero-order chi connectivity index (χ0) is 43.0. The van der Waals surface area contributed by atoms with Gasteiger partial charge in [0.15, 0.2) is 0 Å². The predicted molar refractivity (Wildman–Crippen MR) is 220 cm³/mol. The number of carbonyl (C=O) groups excluding carboxylic acids is 1. The summed E-state index contributed by atoms with van der Waals surface area (Å²) in [7, 11) is 0. The summed E-state index contributed by atoms with van der Waals surface area (Å²) < 4.78 is 37.0. The van der Waals surface area contributed by atoms with Crippen LogP contribution in [-0.2, 0) is 17.6 Å². The molecule has 18 heteroatoms. The number of aryl methyl sites for hydroxylation is 2. The van der Waals surface area contributed by atoms with Gasteiger partial charge in [0.2, 0.25) is 23.3 Å². The van der Waals surface area contributed by atoms with Crippen LogP contribution < -0.4 is 32.0 Å². The number of H-pyrrole nitrogens is 2. The Labute approximate surface area is 343 Å². The first-order chi connectivity index (χ1) is 28.7. The number of aromatic nitrogens is 4. The van der Waals surface area contributed by atoms with Crippen LogP contribution in [0.3, 0.4) is 0 Å². The van der Waals surface area contributed by atoms with Crippen molar-refractivity contribution in [3.8, 4) is 12.0 Å². The van der Waals surface area contributed by atoms with E-state index in [1.165, 1.54) is 12.1 Å². The number of carbonyl (C=O) groups is 1. The topological polar surface area (TPSA) is 215 Å². The minimum absolute atomic E-state index is 0.0405. The van der Waals surface area contributed by atoms with Gasteiger partial charge < -0.3 is 23.4 Å². The number of nitrogens with one attached hydrogen (secondary N) is 2. The van der Waals surface area contributed by atoms with Crippen LogP contribution in [0, 0.1) is 5.92 Å². The molecule has 1 amide bonds. The molecule has 324 valence electrons. The fourth-order valence-electron chi connectivity index (χ4n) is 8.42. The first kappa shape index (κ1) is 44.0. The summed E-state index contributed by atoms with van der Waals surface area (Å²) in [4.78, 5) is 86.8. The van der Waals surface area contributed by atoms with Crippen molar-refractivity contribution in [1.82, 2.24) is 24.8 Å². The van der Waals surface area contributed by atoms with Gasteiger partial charge in [-0.25, -0.2) is 18.4 Å². The molecule has 7 rings (SSSR count). The van der Waals surface area contributed by atoms with E-state index in [9.17, 15) is 32.8 Å². The first-order valence-electron chi connectivity index (χ1n) is 21.0. The largest absolute Gasteiger partial charge is 0.403 e. The van der Waals surface area contributed by atoms with Crippen molar-refractivity contribution < 1.29 is 32.1 Å². The molecular weight excluding hydrogens is 784 g/mol. The van der Waals surface area contributed by atoms with Crippen LogP contribution in [-0.4, -0.2) is 60.2 Å². The number of unbranched alkanes of at least 4 members (excludes halogenated alkanes) is 4. The highest BCUT2D eigenvalue weighted by molar-refractivity contribution is 5.88. The summed E-state index contributed by atoms with van der Waals surface area (Å²) in [5.74, 6) is -3.27. The molecule has 1 saturated carbocycles. The van der Waals surface area contributed by atoms with E-state index >= 15 is 0 Å². The zero-order valence-corrected chi connectivity index (χ0v) is 34.6. The fourth-order valence-corrected chi connectivity index (χ4v) is 8.42. The summed E-state index contributed by atoms with van der Waals surface area (Å²) in [6, 6.07) is 2.64. The molecule has 0 radical (unpaired) electrons. The average Bonchev–Trinajstić information content (AvgIpc) is 3.18. The molecule has 2 aliphatic heterocycles. The van der Waals surface area contributed by atoms with Crippen LogP contribution in [0.1, 0.15) is 135 Å². The minimum Gasteiger partial charge on any atom is -0.403 e. The Bertz CT molecular complexity index is 2440. The lowest BCUT2D eigenvalue weighted by Gasteiger charge is -2.45. The summed E-state index contributed by atoms with van der Waals surface area (Å²) in [6.45, 7) is 6.70. The number of fused-ring (bicyclic) bond motifs is 4. The quantitative estimate of drug-likeness (QED) is 0.102.